The predicted octanol–water partition coefficient (Wildman–Crippen LogP) is 3.97. The second-order valence-corrected chi connectivity index (χ2v) is 8.48. The standard InChI is InChI=1S/C24H26F3N5O2/c1-14(24(25,26)27)5-6-18-22-19(29-16(3)31(4)23(22)33)12-21(30-18)32-9-10-34-20(13-32)17-7-8-28-15(2)11-17/h7-8,11-12,20H,1,5-6,9-10,13H2,2-4H3/t20-/m0/s1. The van der Waals surface area contributed by atoms with Gasteiger partial charge in [0.1, 0.15) is 17.7 Å². The van der Waals surface area contributed by atoms with E-state index in [9.17, 15) is 18.0 Å². The van der Waals surface area contributed by atoms with Gasteiger partial charge in [0.15, 0.2) is 0 Å². The average Bonchev–Trinajstić information content (AvgIpc) is 2.80. The van der Waals surface area contributed by atoms with Crippen molar-refractivity contribution in [1.82, 2.24) is 19.5 Å². The van der Waals surface area contributed by atoms with Gasteiger partial charge in [-0.2, -0.15) is 13.2 Å². The van der Waals surface area contributed by atoms with E-state index in [0.29, 0.717) is 36.9 Å². The van der Waals surface area contributed by atoms with Crippen LogP contribution in [0.4, 0.5) is 19.0 Å². The number of anilines is 1. The van der Waals surface area contributed by atoms with E-state index in [1.54, 1.807) is 26.2 Å². The molecule has 0 aromatic carbocycles. The summed E-state index contributed by atoms with van der Waals surface area (Å²) in [6.45, 7) is 8.28. The molecule has 1 fully saturated rings. The van der Waals surface area contributed by atoms with Gasteiger partial charge >= 0.3 is 6.18 Å². The lowest BCUT2D eigenvalue weighted by Crippen LogP contribution is -2.39. The summed E-state index contributed by atoms with van der Waals surface area (Å²) in [6, 6.07) is 5.59. The van der Waals surface area contributed by atoms with Crippen molar-refractivity contribution >= 4 is 16.7 Å². The minimum atomic E-state index is -4.49. The second kappa shape index (κ2) is 9.17. The maximum atomic E-state index is 13.0. The van der Waals surface area contributed by atoms with Crippen LogP contribution in [0.1, 0.15) is 35.3 Å². The fourth-order valence-corrected chi connectivity index (χ4v) is 4.03. The molecule has 4 heterocycles. The molecule has 0 spiro atoms. The summed E-state index contributed by atoms with van der Waals surface area (Å²) in [5.41, 5.74) is 1.38. The van der Waals surface area contributed by atoms with Crippen LogP contribution in [0.25, 0.3) is 10.9 Å². The van der Waals surface area contributed by atoms with Crippen molar-refractivity contribution < 1.29 is 17.9 Å². The van der Waals surface area contributed by atoms with Crippen LogP contribution in [0.5, 0.6) is 0 Å². The molecular formula is C24H26F3N5O2. The van der Waals surface area contributed by atoms with E-state index in [1.807, 2.05) is 24.0 Å². The quantitative estimate of drug-likeness (QED) is 0.522. The number of halogens is 3. The van der Waals surface area contributed by atoms with Gasteiger partial charge in [-0.1, -0.05) is 6.58 Å². The minimum Gasteiger partial charge on any atom is -0.370 e. The minimum absolute atomic E-state index is 0.0695. The molecule has 1 aliphatic rings. The Hall–Kier alpha value is -3.27. The van der Waals surface area contributed by atoms with Crippen LogP contribution in [-0.2, 0) is 18.2 Å². The summed E-state index contributed by atoms with van der Waals surface area (Å²) in [4.78, 5) is 28.4. The Kier molecular flexibility index (Phi) is 6.44. The molecule has 3 aromatic rings. The Balaban J connectivity index is 1.73. The maximum absolute atomic E-state index is 13.0. The molecule has 0 unspecified atom stereocenters. The van der Waals surface area contributed by atoms with Crippen molar-refractivity contribution in [2.24, 2.45) is 7.05 Å². The zero-order valence-electron chi connectivity index (χ0n) is 19.3. The number of aromatic nitrogens is 4. The average molecular weight is 473 g/mol. The molecule has 1 saturated heterocycles. The molecule has 180 valence electrons. The SMILES string of the molecule is C=C(CCc1nc(N2CCO[C@H](c3ccnc(C)c3)C2)cc2nc(C)n(C)c(=O)c12)C(F)(F)F. The lowest BCUT2D eigenvalue weighted by atomic mass is 10.1. The highest BCUT2D eigenvalue weighted by atomic mass is 19.4. The van der Waals surface area contributed by atoms with Gasteiger partial charge in [-0.15, -0.1) is 0 Å². The molecular weight excluding hydrogens is 447 g/mol. The largest absolute Gasteiger partial charge is 0.412 e. The van der Waals surface area contributed by atoms with E-state index < -0.39 is 11.7 Å². The van der Waals surface area contributed by atoms with Crippen LogP contribution >= 0.6 is 0 Å². The summed E-state index contributed by atoms with van der Waals surface area (Å²) in [5.74, 6) is 1.06. The maximum Gasteiger partial charge on any atom is 0.412 e. The number of hydrogen-bond acceptors (Lipinski definition) is 6. The number of nitrogens with zero attached hydrogens (tertiary/aromatic N) is 5. The molecule has 4 rings (SSSR count). The fourth-order valence-electron chi connectivity index (χ4n) is 4.03. The van der Waals surface area contributed by atoms with Gasteiger partial charge < -0.3 is 9.64 Å². The topological polar surface area (TPSA) is 73.1 Å². The van der Waals surface area contributed by atoms with Crippen molar-refractivity contribution in [2.45, 2.75) is 39.0 Å². The second-order valence-electron chi connectivity index (χ2n) is 8.48. The summed E-state index contributed by atoms with van der Waals surface area (Å²) in [5, 5.41) is 0.237. The van der Waals surface area contributed by atoms with E-state index in [0.717, 1.165) is 11.3 Å². The zero-order chi connectivity index (χ0) is 24.6. The monoisotopic (exact) mass is 473 g/mol. The van der Waals surface area contributed by atoms with E-state index >= 15 is 0 Å². The first-order chi connectivity index (χ1) is 16.0. The van der Waals surface area contributed by atoms with Gasteiger partial charge in [0.25, 0.3) is 5.56 Å². The number of pyridine rings is 2. The molecule has 0 N–H and O–H groups in total. The number of morpholine rings is 1. The number of allylic oxidation sites excluding steroid dienone is 1. The van der Waals surface area contributed by atoms with Gasteiger partial charge in [0, 0.05) is 43.7 Å². The van der Waals surface area contributed by atoms with Crippen LogP contribution in [-0.4, -0.2) is 45.4 Å². The van der Waals surface area contributed by atoms with Crippen molar-refractivity contribution in [3.05, 3.63) is 69.7 Å². The van der Waals surface area contributed by atoms with Crippen molar-refractivity contribution in [3.63, 3.8) is 0 Å². The Morgan fingerprint density at radius 3 is 2.74 bits per heavy atom. The highest BCUT2D eigenvalue weighted by Gasteiger charge is 2.32. The van der Waals surface area contributed by atoms with Crippen LogP contribution in [0.3, 0.4) is 0 Å². The molecule has 0 saturated carbocycles. The smallest absolute Gasteiger partial charge is 0.370 e. The highest BCUT2D eigenvalue weighted by molar-refractivity contribution is 5.83. The summed E-state index contributed by atoms with van der Waals surface area (Å²) >= 11 is 0. The van der Waals surface area contributed by atoms with E-state index in [2.05, 4.69) is 21.5 Å². The third-order valence-corrected chi connectivity index (χ3v) is 6.09. The van der Waals surface area contributed by atoms with Gasteiger partial charge in [0.2, 0.25) is 0 Å². The lowest BCUT2D eigenvalue weighted by molar-refractivity contribution is -0.0935. The van der Waals surface area contributed by atoms with Gasteiger partial charge in [-0.05, 0) is 44.4 Å². The van der Waals surface area contributed by atoms with Gasteiger partial charge in [0.05, 0.1) is 23.2 Å². The van der Waals surface area contributed by atoms with Crippen molar-refractivity contribution in [1.29, 1.82) is 0 Å². The number of aryl methyl sites for hydroxylation is 3. The Labute approximate surface area is 194 Å². The van der Waals surface area contributed by atoms with Gasteiger partial charge in [-0.3, -0.25) is 14.3 Å². The Morgan fingerprint density at radius 2 is 2.03 bits per heavy atom. The van der Waals surface area contributed by atoms with Crippen LogP contribution in [0, 0.1) is 13.8 Å². The Bertz CT molecular complexity index is 1300. The molecule has 7 nitrogen and oxygen atoms in total. The highest BCUT2D eigenvalue weighted by Crippen LogP contribution is 2.30. The molecule has 0 bridgehead atoms. The summed E-state index contributed by atoms with van der Waals surface area (Å²) in [7, 11) is 1.58. The van der Waals surface area contributed by atoms with E-state index in [-0.39, 0.29) is 35.6 Å². The Morgan fingerprint density at radius 1 is 1.26 bits per heavy atom. The zero-order valence-corrected chi connectivity index (χ0v) is 19.3. The molecule has 0 radical (unpaired) electrons. The normalized spacial score (nSPS) is 16.8. The third kappa shape index (κ3) is 4.82. The predicted molar refractivity (Wildman–Crippen MR) is 123 cm³/mol. The first kappa shape index (κ1) is 23.9. The molecule has 34 heavy (non-hydrogen) atoms. The lowest BCUT2D eigenvalue weighted by Gasteiger charge is -2.34. The first-order valence-corrected chi connectivity index (χ1v) is 11.0. The fraction of sp³-hybridized carbons (Fsp3) is 0.417. The summed E-state index contributed by atoms with van der Waals surface area (Å²) in [6.07, 6.45) is -3.39. The molecule has 1 aliphatic heterocycles. The van der Waals surface area contributed by atoms with Crippen LogP contribution < -0.4 is 10.5 Å². The van der Waals surface area contributed by atoms with Gasteiger partial charge in [-0.25, -0.2) is 9.97 Å². The number of hydrogen-bond donors (Lipinski definition) is 0. The van der Waals surface area contributed by atoms with Crippen molar-refractivity contribution in [2.75, 3.05) is 24.6 Å². The number of rotatable bonds is 5. The molecule has 3 aromatic heterocycles. The first-order valence-electron chi connectivity index (χ1n) is 11.0. The van der Waals surface area contributed by atoms with E-state index in [4.69, 9.17) is 4.74 Å². The molecule has 1 atom stereocenters. The number of ether oxygens (including phenoxy) is 1. The summed E-state index contributed by atoms with van der Waals surface area (Å²) < 4.78 is 46.5. The number of fused-ring (bicyclic) bond motifs is 1. The van der Waals surface area contributed by atoms with Crippen LogP contribution in [0.2, 0.25) is 0 Å². The third-order valence-electron chi connectivity index (χ3n) is 6.09. The van der Waals surface area contributed by atoms with E-state index in [1.165, 1.54) is 4.57 Å². The molecule has 10 heteroatoms. The number of alkyl halides is 3. The molecule has 0 aliphatic carbocycles. The van der Waals surface area contributed by atoms with Crippen molar-refractivity contribution in [3.8, 4) is 0 Å². The van der Waals surface area contributed by atoms with Crippen LogP contribution in [0.15, 0.2) is 41.3 Å². The molecule has 0 amide bonds.